The van der Waals surface area contributed by atoms with Crippen LogP contribution in [0.2, 0.25) is 0 Å². The van der Waals surface area contributed by atoms with Crippen molar-refractivity contribution in [2.45, 2.75) is 26.4 Å². The van der Waals surface area contributed by atoms with E-state index in [1.165, 1.54) is 0 Å². The highest BCUT2D eigenvalue weighted by atomic mass is 19.4. The summed E-state index contributed by atoms with van der Waals surface area (Å²) in [5.41, 5.74) is -0.655. The van der Waals surface area contributed by atoms with E-state index in [1.807, 2.05) is 4.90 Å². The molecule has 1 aromatic heterocycles. The normalized spacial score (nSPS) is 23.8. The fraction of sp³-hybridized carbons (Fsp3) is 0.643. The van der Waals surface area contributed by atoms with Crippen LogP contribution in [0.15, 0.2) is 12.1 Å². The number of rotatable bonds is 2. The van der Waals surface area contributed by atoms with Crippen LogP contribution >= 0.6 is 0 Å². The summed E-state index contributed by atoms with van der Waals surface area (Å²) in [5, 5.41) is 2.70. The number of hydrogen-bond donors (Lipinski definition) is 1. The molecule has 0 bridgehead atoms. The quantitative estimate of drug-likeness (QED) is 0.900. The standard InChI is InChI=1S/C14H20F3N3/c1-9-4-5-20(8-10(9)2)13-7-11(14(15,16)17)6-12(18-3)19-13/h6-7,9-10H,4-5,8H2,1-3H3,(H,18,19). The fourth-order valence-corrected chi connectivity index (χ4v) is 2.44. The summed E-state index contributed by atoms with van der Waals surface area (Å²) in [6, 6.07) is 2.18. The van der Waals surface area contributed by atoms with Crippen LogP contribution in [0.3, 0.4) is 0 Å². The molecular formula is C14H20F3N3. The van der Waals surface area contributed by atoms with Gasteiger partial charge in [0, 0.05) is 20.1 Å². The minimum absolute atomic E-state index is 0.251. The molecule has 3 nitrogen and oxygen atoms in total. The lowest BCUT2D eigenvalue weighted by Crippen LogP contribution is -2.39. The van der Waals surface area contributed by atoms with Crippen LogP contribution in [0.5, 0.6) is 0 Å². The molecule has 2 unspecified atom stereocenters. The van der Waals surface area contributed by atoms with Crippen LogP contribution < -0.4 is 10.2 Å². The summed E-state index contributed by atoms with van der Waals surface area (Å²) in [6.45, 7) is 5.81. The Morgan fingerprint density at radius 2 is 1.95 bits per heavy atom. The first-order valence-corrected chi connectivity index (χ1v) is 6.83. The van der Waals surface area contributed by atoms with E-state index in [0.29, 0.717) is 17.7 Å². The number of nitrogens with zero attached hydrogens (tertiary/aromatic N) is 2. The first-order valence-electron chi connectivity index (χ1n) is 6.83. The van der Waals surface area contributed by atoms with Crippen molar-refractivity contribution < 1.29 is 13.2 Å². The molecular weight excluding hydrogens is 267 g/mol. The van der Waals surface area contributed by atoms with E-state index in [2.05, 4.69) is 24.1 Å². The number of piperidine rings is 1. The van der Waals surface area contributed by atoms with Crippen molar-refractivity contribution in [3.63, 3.8) is 0 Å². The lowest BCUT2D eigenvalue weighted by atomic mass is 9.89. The SMILES string of the molecule is CNc1cc(C(F)(F)F)cc(N2CCC(C)C(C)C2)n1. The van der Waals surface area contributed by atoms with Gasteiger partial charge in [-0.1, -0.05) is 13.8 Å². The van der Waals surface area contributed by atoms with Crippen molar-refractivity contribution >= 4 is 11.6 Å². The molecule has 1 aromatic rings. The molecule has 0 radical (unpaired) electrons. The summed E-state index contributed by atoms with van der Waals surface area (Å²) >= 11 is 0. The fourth-order valence-electron chi connectivity index (χ4n) is 2.44. The Balaban J connectivity index is 2.31. The van der Waals surface area contributed by atoms with Gasteiger partial charge >= 0.3 is 6.18 Å². The largest absolute Gasteiger partial charge is 0.416 e. The number of hydrogen-bond acceptors (Lipinski definition) is 3. The average Bonchev–Trinajstić information content (AvgIpc) is 2.40. The van der Waals surface area contributed by atoms with Gasteiger partial charge in [-0.15, -0.1) is 0 Å². The highest BCUT2D eigenvalue weighted by Gasteiger charge is 2.33. The van der Waals surface area contributed by atoms with Crippen molar-refractivity contribution in [3.8, 4) is 0 Å². The third kappa shape index (κ3) is 3.16. The van der Waals surface area contributed by atoms with Crippen LogP contribution in [0, 0.1) is 11.8 Å². The molecule has 1 N–H and O–H groups in total. The Morgan fingerprint density at radius 1 is 1.25 bits per heavy atom. The van der Waals surface area contributed by atoms with Crippen LogP contribution in [-0.2, 0) is 6.18 Å². The van der Waals surface area contributed by atoms with E-state index in [9.17, 15) is 13.2 Å². The van der Waals surface area contributed by atoms with E-state index in [1.54, 1.807) is 7.05 Å². The number of aromatic nitrogens is 1. The van der Waals surface area contributed by atoms with Crippen molar-refractivity contribution in [2.24, 2.45) is 11.8 Å². The Kier molecular flexibility index (Phi) is 4.11. The average molecular weight is 287 g/mol. The number of halogens is 3. The first kappa shape index (κ1) is 14.9. The number of nitrogens with one attached hydrogen (secondary N) is 1. The summed E-state index contributed by atoms with van der Waals surface area (Å²) in [7, 11) is 1.58. The third-order valence-corrected chi connectivity index (χ3v) is 4.05. The second-order valence-corrected chi connectivity index (χ2v) is 5.54. The molecule has 0 aromatic carbocycles. The monoisotopic (exact) mass is 287 g/mol. The summed E-state index contributed by atoms with van der Waals surface area (Å²) in [5.74, 6) is 1.71. The Bertz CT molecular complexity index is 473. The zero-order valence-corrected chi connectivity index (χ0v) is 12.0. The molecule has 1 fully saturated rings. The molecule has 0 saturated carbocycles. The zero-order chi connectivity index (χ0) is 14.9. The van der Waals surface area contributed by atoms with Crippen molar-refractivity contribution in [1.82, 2.24) is 4.98 Å². The van der Waals surface area contributed by atoms with Gasteiger partial charge in [0.25, 0.3) is 0 Å². The van der Waals surface area contributed by atoms with Gasteiger partial charge in [-0.05, 0) is 30.4 Å². The van der Waals surface area contributed by atoms with E-state index >= 15 is 0 Å². The number of anilines is 2. The molecule has 20 heavy (non-hydrogen) atoms. The van der Waals surface area contributed by atoms with Crippen molar-refractivity contribution in [3.05, 3.63) is 17.7 Å². The maximum Gasteiger partial charge on any atom is 0.416 e. The molecule has 0 spiro atoms. The van der Waals surface area contributed by atoms with Gasteiger partial charge in [0.1, 0.15) is 11.6 Å². The second kappa shape index (κ2) is 5.50. The van der Waals surface area contributed by atoms with E-state index in [-0.39, 0.29) is 5.82 Å². The van der Waals surface area contributed by atoms with Crippen molar-refractivity contribution in [1.29, 1.82) is 0 Å². The van der Waals surface area contributed by atoms with Gasteiger partial charge in [0.2, 0.25) is 0 Å². The van der Waals surface area contributed by atoms with Crippen LogP contribution in [0.4, 0.5) is 24.8 Å². The van der Waals surface area contributed by atoms with Gasteiger partial charge in [0.05, 0.1) is 5.56 Å². The smallest absolute Gasteiger partial charge is 0.373 e. The highest BCUT2D eigenvalue weighted by Crippen LogP contribution is 2.34. The molecule has 6 heteroatoms. The molecule has 112 valence electrons. The van der Waals surface area contributed by atoms with Crippen molar-refractivity contribution in [2.75, 3.05) is 30.4 Å². The summed E-state index contributed by atoms with van der Waals surface area (Å²) in [6.07, 6.45) is -3.37. The van der Waals surface area contributed by atoms with Gasteiger partial charge in [-0.2, -0.15) is 13.2 Å². The molecule has 1 saturated heterocycles. The van der Waals surface area contributed by atoms with Crippen LogP contribution in [-0.4, -0.2) is 25.1 Å². The third-order valence-electron chi connectivity index (χ3n) is 4.05. The topological polar surface area (TPSA) is 28.2 Å². The van der Waals surface area contributed by atoms with E-state index < -0.39 is 11.7 Å². The van der Waals surface area contributed by atoms with Gasteiger partial charge < -0.3 is 10.2 Å². The zero-order valence-electron chi connectivity index (χ0n) is 12.0. The number of pyridine rings is 1. The van der Waals surface area contributed by atoms with Crippen LogP contribution in [0.25, 0.3) is 0 Å². The molecule has 0 amide bonds. The van der Waals surface area contributed by atoms with E-state index in [4.69, 9.17) is 0 Å². The predicted molar refractivity (Wildman–Crippen MR) is 73.9 cm³/mol. The predicted octanol–water partition coefficient (Wildman–Crippen LogP) is 3.62. The molecule has 1 aliphatic heterocycles. The highest BCUT2D eigenvalue weighted by molar-refractivity contribution is 5.51. The lowest BCUT2D eigenvalue weighted by molar-refractivity contribution is -0.137. The van der Waals surface area contributed by atoms with Gasteiger partial charge in [-0.3, -0.25) is 0 Å². The first-order chi connectivity index (χ1) is 9.31. The minimum atomic E-state index is -4.35. The van der Waals surface area contributed by atoms with Gasteiger partial charge in [0.15, 0.2) is 0 Å². The van der Waals surface area contributed by atoms with Crippen LogP contribution in [0.1, 0.15) is 25.8 Å². The van der Waals surface area contributed by atoms with Gasteiger partial charge in [-0.25, -0.2) is 4.98 Å². The summed E-state index contributed by atoms with van der Waals surface area (Å²) in [4.78, 5) is 6.21. The maximum atomic E-state index is 12.9. The Labute approximate surface area is 117 Å². The Hall–Kier alpha value is -1.46. The Morgan fingerprint density at radius 3 is 2.50 bits per heavy atom. The van der Waals surface area contributed by atoms with E-state index in [0.717, 1.165) is 31.6 Å². The summed E-state index contributed by atoms with van der Waals surface area (Å²) < 4.78 is 38.7. The molecule has 2 atom stereocenters. The number of alkyl halides is 3. The molecule has 2 heterocycles. The molecule has 1 aliphatic rings. The molecule has 0 aliphatic carbocycles. The minimum Gasteiger partial charge on any atom is -0.373 e. The maximum absolute atomic E-state index is 12.9. The lowest BCUT2D eigenvalue weighted by Gasteiger charge is -2.36. The second-order valence-electron chi connectivity index (χ2n) is 5.54. The molecule has 2 rings (SSSR count).